The van der Waals surface area contributed by atoms with Crippen molar-refractivity contribution in [3.05, 3.63) is 52.9 Å². The van der Waals surface area contributed by atoms with Crippen molar-refractivity contribution in [2.24, 2.45) is 0 Å². The Morgan fingerprint density at radius 2 is 2.29 bits per heavy atom. The predicted molar refractivity (Wildman–Crippen MR) is 81.1 cm³/mol. The Hall–Kier alpha value is -1.95. The minimum atomic E-state index is -0.0298. The molecule has 1 unspecified atom stereocenters. The normalized spacial score (nSPS) is 17.8. The van der Waals surface area contributed by atoms with Gasteiger partial charge >= 0.3 is 0 Å². The van der Waals surface area contributed by atoms with E-state index in [2.05, 4.69) is 25.9 Å². The molecule has 5 nitrogen and oxygen atoms in total. The van der Waals surface area contributed by atoms with Gasteiger partial charge in [-0.15, -0.1) is 0 Å². The maximum absolute atomic E-state index is 12.4. The lowest BCUT2D eigenvalue weighted by Crippen LogP contribution is -2.31. The van der Waals surface area contributed by atoms with Crippen molar-refractivity contribution in [3.8, 4) is 5.88 Å². The number of hydrogen-bond acceptors (Lipinski definition) is 4. The Balaban J connectivity index is 1.63. The van der Waals surface area contributed by atoms with Crippen molar-refractivity contribution in [2.75, 3.05) is 13.1 Å². The summed E-state index contributed by atoms with van der Waals surface area (Å²) in [5.74, 6) is 0.529. The second-order valence-electron chi connectivity index (χ2n) is 4.83. The molecule has 1 fully saturated rings. The van der Waals surface area contributed by atoms with Crippen LogP contribution in [0.15, 0.2) is 47.3 Å². The Morgan fingerprint density at radius 3 is 3.05 bits per heavy atom. The number of benzene rings is 1. The number of rotatable bonds is 3. The number of ether oxygens (including phenoxy) is 1. The number of amides is 1. The van der Waals surface area contributed by atoms with Gasteiger partial charge in [-0.25, -0.2) is 4.98 Å². The molecule has 2 aromatic rings. The maximum atomic E-state index is 12.4. The van der Waals surface area contributed by atoms with E-state index in [0.29, 0.717) is 24.5 Å². The van der Waals surface area contributed by atoms with Crippen molar-refractivity contribution < 1.29 is 9.53 Å². The number of halogens is 1. The largest absolute Gasteiger partial charge is 0.471 e. The molecule has 2 heterocycles. The van der Waals surface area contributed by atoms with Gasteiger partial charge in [0, 0.05) is 35.4 Å². The SMILES string of the molecule is O=C(c1cccc(Br)c1)N1CCC(Oc2cnccn2)C1. The first-order valence-electron chi connectivity index (χ1n) is 6.70. The number of carbonyl (C=O) groups excluding carboxylic acids is 1. The Kier molecular flexibility index (Phi) is 4.15. The summed E-state index contributed by atoms with van der Waals surface area (Å²) in [5, 5.41) is 0. The van der Waals surface area contributed by atoms with Crippen LogP contribution in [-0.4, -0.2) is 40.0 Å². The van der Waals surface area contributed by atoms with Crippen molar-refractivity contribution in [1.82, 2.24) is 14.9 Å². The van der Waals surface area contributed by atoms with E-state index in [-0.39, 0.29) is 12.0 Å². The first-order valence-corrected chi connectivity index (χ1v) is 7.49. The summed E-state index contributed by atoms with van der Waals surface area (Å²) in [5.41, 5.74) is 0.685. The average Bonchev–Trinajstić information content (AvgIpc) is 2.96. The number of carbonyl (C=O) groups is 1. The van der Waals surface area contributed by atoms with Crippen LogP contribution in [0, 0.1) is 0 Å². The standard InChI is InChI=1S/C15H14BrN3O2/c16-12-3-1-2-11(8-12)15(20)19-7-4-13(10-19)21-14-9-17-5-6-18-14/h1-3,5-6,8-9,13H,4,7,10H2. The van der Waals surface area contributed by atoms with Gasteiger partial charge in [-0.05, 0) is 18.2 Å². The van der Waals surface area contributed by atoms with E-state index in [0.717, 1.165) is 10.9 Å². The lowest BCUT2D eigenvalue weighted by molar-refractivity contribution is 0.0771. The lowest BCUT2D eigenvalue weighted by atomic mass is 10.2. The summed E-state index contributed by atoms with van der Waals surface area (Å²) >= 11 is 3.38. The number of likely N-dealkylation sites (tertiary alicyclic amines) is 1. The molecule has 0 radical (unpaired) electrons. The third kappa shape index (κ3) is 3.39. The number of nitrogens with zero attached hydrogens (tertiary/aromatic N) is 3. The van der Waals surface area contributed by atoms with Crippen LogP contribution in [0.5, 0.6) is 5.88 Å². The first kappa shape index (κ1) is 14.0. The van der Waals surface area contributed by atoms with Gasteiger partial charge < -0.3 is 9.64 Å². The fraction of sp³-hybridized carbons (Fsp3) is 0.267. The summed E-state index contributed by atoms with van der Waals surface area (Å²) in [6.07, 6.45) is 5.55. The number of aromatic nitrogens is 2. The van der Waals surface area contributed by atoms with Crippen LogP contribution < -0.4 is 4.74 Å². The minimum absolute atomic E-state index is 0.0292. The quantitative estimate of drug-likeness (QED) is 0.855. The highest BCUT2D eigenvalue weighted by molar-refractivity contribution is 9.10. The zero-order chi connectivity index (χ0) is 14.7. The van der Waals surface area contributed by atoms with Crippen molar-refractivity contribution >= 4 is 21.8 Å². The van der Waals surface area contributed by atoms with Crippen molar-refractivity contribution in [3.63, 3.8) is 0 Å². The van der Waals surface area contributed by atoms with E-state index in [1.165, 1.54) is 0 Å². The molecule has 21 heavy (non-hydrogen) atoms. The van der Waals surface area contributed by atoms with Crippen LogP contribution >= 0.6 is 15.9 Å². The van der Waals surface area contributed by atoms with Gasteiger partial charge in [-0.3, -0.25) is 9.78 Å². The summed E-state index contributed by atoms with van der Waals surface area (Å²) in [6, 6.07) is 7.42. The Bertz CT molecular complexity index is 636. The molecule has 3 rings (SSSR count). The van der Waals surface area contributed by atoms with E-state index in [1.54, 1.807) is 18.6 Å². The maximum Gasteiger partial charge on any atom is 0.254 e. The molecule has 1 aromatic carbocycles. The second-order valence-corrected chi connectivity index (χ2v) is 5.75. The van der Waals surface area contributed by atoms with E-state index in [1.807, 2.05) is 29.2 Å². The molecule has 0 bridgehead atoms. The molecule has 0 N–H and O–H groups in total. The molecule has 0 aliphatic carbocycles. The third-order valence-corrected chi connectivity index (χ3v) is 3.82. The molecule has 1 aliphatic rings. The highest BCUT2D eigenvalue weighted by atomic mass is 79.9. The minimum Gasteiger partial charge on any atom is -0.471 e. The second kappa shape index (κ2) is 6.22. The molecule has 6 heteroatoms. The zero-order valence-electron chi connectivity index (χ0n) is 11.3. The van der Waals surface area contributed by atoms with Crippen molar-refractivity contribution in [2.45, 2.75) is 12.5 Å². The van der Waals surface area contributed by atoms with Gasteiger partial charge in [0.25, 0.3) is 5.91 Å². The first-order chi connectivity index (χ1) is 10.2. The molecule has 1 saturated heterocycles. The summed E-state index contributed by atoms with van der Waals surface area (Å²) in [6.45, 7) is 1.26. The molecule has 1 aliphatic heterocycles. The van der Waals surface area contributed by atoms with Crippen LogP contribution in [0.4, 0.5) is 0 Å². The van der Waals surface area contributed by atoms with E-state index in [4.69, 9.17) is 4.74 Å². The Labute approximate surface area is 131 Å². The highest BCUT2D eigenvalue weighted by Crippen LogP contribution is 2.19. The number of hydrogen-bond donors (Lipinski definition) is 0. The predicted octanol–water partition coefficient (Wildman–Crippen LogP) is 2.53. The summed E-state index contributed by atoms with van der Waals surface area (Å²) in [7, 11) is 0. The van der Waals surface area contributed by atoms with Crippen LogP contribution in [0.1, 0.15) is 16.8 Å². The van der Waals surface area contributed by atoms with Crippen LogP contribution in [0.2, 0.25) is 0 Å². The molecule has 1 amide bonds. The molecule has 0 saturated carbocycles. The molecule has 0 spiro atoms. The van der Waals surface area contributed by atoms with Gasteiger partial charge in [-0.1, -0.05) is 22.0 Å². The fourth-order valence-corrected chi connectivity index (χ4v) is 2.73. The molecule has 108 valence electrons. The van der Waals surface area contributed by atoms with Gasteiger partial charge in [0.15, 0.2) is 0 Å². The van der Waals surface area contributed by atoms with Gasteiger partial charge in [0.1, 0.15) is 6.10 Å². The summed E-state index contributed by atoms with van der Waals surface area (Å²) in [4.78, 5) is 22.3. The monoisotopic (exact) mass is 347 g/mol. The van der Waals surface area contributed by atoms with Crippen LogP contribution in [0.3, 0.4) is 0 Å². The van der Waals surface area contributed by atoms with Gasteiger partial charge in [0.2, 0.25) is 5.88 Å². The molecular weight excluding hydrogens is 334 g/mol. The molecular formula is C15H14BrN3O2. The smallest absolute Gasteiger partial charge is 0.254 e. The molecule has 1 atom stereocenters. The van der Waals surface area contributed by atoms with Gasteiger partial charge in [-0.2, -0.15) is 0 Å². The zero-order valence-corrected chi connectivity index (χ0v) is 12.9. The third-order valence-electron chi connectivity index (χ3n) is 3.33. The fourth-order valence-electron chi connectivity index (χ4n) is 2.33. The molecule has 1 aromatic heterocycles. The van der Waals surface area contributed by atoms with Crippen molar-refractivity contribution in [1.29, 1.82) is 0 Å². The van der Waals surface area contributed by atoms with Crippen LogP contribution in [0.25, 0.3) is 0 Å². The highest BCUT2D eigenvalue weighted by Gasteiger charge is 2.28. The average molecular weight is 348 g/mol. The van der Waals surface area contributed by atoms with Crippen LogP contribution in [-0.2, 0) is 0 Å². The van der Waals surface area contributed by atoms with Gasteiger partial charge in [0.05, 0.1) is 12.7 Å². The van der Waals surface area contributed by atoms with E-state index < -0.39 is 0 Å². The Morgan fingerprint density at radius 1 is 1.38 bits per heavy atom. The summed E-state index contributed by atoms with van der Waals surface area (Å²) < 4.78 is 6.64. The lowest BCUT2D eigenvalue weighted by Gasteiger charge is -2.17. The van der Waals surface area contributed by atoms with E-state index in [9.17, 15) is 4.79 Å². The topological polar surface area (TPSA) is 55.3 Å². The van der Waals surface area contributed by atoms with E-state index >= 15 is 0 Å².